The lowest BCUT2D eigenvalue weighted by Gasteiger charge is -2.11. The molecule has 1 aromatic heterocycles. The van der Waals surface area contributed by atoms with Crippen molar-refractivity contribution in [3.8, 4) is 5.69 Å². The van der Waals surface area contributed by atoms with E-state index >= 15 is 0 Å². The first-order valence-electron chi connectivity index (χ1n) is 6.03. The number of rotatable bonds is 1. The van der Waals surface area contributed by atoms with Crippen molar-refractivity contribution in [2.24, 2.45) is 0 Å². The average molecular weight is 228 g/mol. The van der Waals surface area contributed by atoms with Gasteiger partial charge in [0.05, 0.1) is 11.4 Å². The molecule has 2 nitrogen and oxygen atoms in total. The molecule has 1 heterocycles. The van der Waals surface area contributed by atoms with Crippen molar-refractivity contribution in [2.75, 3.05) is 0 Å². The van der Waals surface area contributed by atoms with Gasteiger partial charge in [-0.25, -0.2) is 4.68 Å². The van der Waals surface area contributed by atoms with Gasteiger partial charge in [-0.3, -0.25) is 0 Å². The Morgan fingerprint density at radius 1 is 0.824 bits per heavy atom. The Kier molecular flexibility index (Phi) is 2.82. The average Bonchev–Trinajstić information content (AvgIpc) is 2.51. The highest BCUT2D eigenvalue weighted by molar-refractivity contribution is 5.47. The zero-order valence-electron chi connectivity index (χ0n) is 11.5. The summed E-state index contributed by atoms with van der Waals surface area (Å²) in [5.74, 6) is 0. The summed E-state index contributed by atoms with van der Waals surface area (Å²) in [5.41, 5.74) is 8.75. The lowest BCUT2D eigenvalue weighted by molar-refractivity contribution is 0.825. The SMILES string of the molecule is Cc1cc(C)c(-n2nc(C)c(C)c2C)cc1C. The minimum absolute atomic E-state index is 1.11. The number of aryl methyl sites for hydroxylation is 4. The summed E-state index contributed by atoms with van der Waals surface area (Å²) >= 11 is 0. The Hall–Kier alpha value is -1.57. The third-order valence-corrected chi connectivity index (χ3v) is 3.69. The van der Waals surface area contributed by atoms with Crippen LogP contribution < -0.4 is 0 Å². The molecule has 0 radical (unpaired) electrons. The van der Waals surface area contributed by atoms with E-state index in [1.165, 1.54) is 33.6 Å². The van der Waals surface area contributed by atoms with Crippen LogP contribution in [0.1, 0.15) is 33.6 Å². The molecule has 0 bridgehead atoms. The topological polar surface area (TPSA) is 17.8 Å². The Bertz CT molecular complexity index is 577. The third-order valence-electron chi connectivity index (χ3n) is 3.69. The molecule has 0 aliphatic carbocycles. The zero-order chi connectivity index (χ0) is 12.7. The first-order chi connectivity index (χ1) is 7.91. The van der Waals surface area contributed by atoms with Gasteiger partial charge in [0.2, 0.25) is 0 Å². The molecule has 0 aliphatic rings. The van der Waals surface area contributed by atoms with E-state index in [1.807, 2.05) is 0 Å². The molecule has 2 heteroatoms. The van der Waals surface area contributed by atoms with Gasteiger partial charge >= 0.3 is 0 Å². The second-order valence-electron chi connectivity index (χ2n) is 4.93. The summed E-state index contributed by atoms with van der Waals surface area (Å²) in [4.78, 5) is 0. The molecule has 1 aromatic carbocycles. The van der Waals surface area contributed by atoms with Crippen LogP contribution >= 0.6 is 0 Å². The zero-order valence-corrected chi connectivity index (χ0v) is 11.5. The summed E-state index contributed by atoms with van der Waals surface area (Å²) in [6, 6.07) is 4.46. The molecule has 0 atom stereocenters. The van der Waals surface area contributed by atoms with Crippen LogP contribution in [-0.2, 0) is 0 Å². The quantitative estimate of drug-likeness (QED) is 0.727. The lowest BCUT2D eigenvalue weighted by Crippen LogP contribution is -2.03. The van der Waals surface area contributed by atoms with E-state index in [9.17, 15) is 0 Å². The van der Waals surface area contributed by atoms with Gasteiger partial charge in [-0.05, 0) is 69.9 Å². The van der Waals surface area contributed by atoms with Crippen molar-refractivity contribution in [1.82, 2.24) is 9.78 Å². The molecule has 2 rings (SSSR count). The largest absolute Gasteiger partial charge is 0.237 e. The second-order valence-corrected chi connectivity index (χ2v) is 4.93. The molecule has 0 spiro atoms. The van der Waals surface area contributed by atoms with Gasteiger partial charge in [-0.2, -0.15) is 5.10 Å². The molecule has 2 aromatic rings. The summed E-state index contributed by atoms with van der Waals surface area (Å²) in [7, 11) is 0. The van der Waals surface area contributed by atoms with E-state index < -0.39 is 0 Å². The highest BCUT2D eigenvalue weighted by Crippen LogP contribution is 2.22. The van der Waals surface area contributed by atoms with Crippen LogP contribution in [0.2, 0.25) is 0 Å². The van der Waals surface area contributed by atoms with E-state index in [4.69, 9.17) is 0 Å². The van der Waals surface area contributed by atoms with Gasteiger partial charge in [0.1, 0.15) is 0 Å². The van der Waals surface area contributed by atoms with Crippen LogP contribution in [0, 0.1) is 41.5 Å². The van der Waals surface area contributed by atoms with Gasteiger partial charge in [0.15, 0.2) is 0 Å². The number of hydrogen-bond donors (Lipinski definition) is 0. The molecule has 0 unspecified atom stereocenters. The van der Waals surface area contributed by atoms with Gasteiger partial charge in [-0.1, -0.05) is 6.07 Å². The first-order valence-corrected chi connectivity index (χ1v) is 6.03. The van der Waals surface area contributed by atoms with Crippen LogP contribution in [0.25, 0.3) is 5.69 Å². The Morgan fingerprint density at radius 2 is 1.41 bits per heavy atom. The van der Waals surface area contributed by atoms with Crippen LogP contribution in [0.5, 0.6) is 0 Å². The minimum atomic E-state index is 1.11. The number of aromatic nitrogens is 2. The molecule has 0 saturated heterocycles. The van der Waals surface area contributed by atoms with Gasteiger partial charge in [0, 0.05) is 5.69 Å². The fourth-order valence-corrected chi connectivity index (χ4v) is 2.13. The summed E-state index contributed by atoms with van der Waals surface area (Å²) in [5, 5.41) is 4.63. The number of hydrogen-bond acceptors (Lipinski definition) is 1. The van der Waals surface area contributed by atoms with Crippen molar-refractivity contribution in [1.29, 1.82) is 0 Å². The predicted molar refractivity (Wildman–Crippen MR) is 72.0 cm³/mol. The Morgan fingerprint density at radius 3 is 1.94 bits per heavy atom. The van der Waals surface area contributed by atoms with Crippen LogP contribution in [0.4, 0.5) is 0 Å². The van der Waals surface area contributed by atoms with Crippen molar-refractivity contribution in [3.63, 3.8) is 0 Å². The molecule has 0 N–H and O–H groups in total. The Balaban J connectivity index is 2.68. The van der Waals surface area contributed by atoms with Crippen LogP contribution in [-0.4, -0.2) is 9.78 Å². The van der Waals surface area contributed by atoms with Crippen molar-refractivity contribution in [3.05, 3.63) is 45.8 Å². The molecule has 0 aliphatic heterocycles. The number of benzene rings is 1. The molecule has 90 valence electrons. The predicted octanol–water partition coefficient (Wildman–Crippen LogP) is 3.72. The molecular formula is C15H20N2. The van der Waals surface area contributed by atoms with E-state index in [1.54, 1.807) is 0 Å². The summed E-state index contributed by atoms with van der Waals surface area (Å²) < 4.78 is 2.06. The van der Waals surface area contributed by atoms with E-state index in [0.29, 0.717) is 0 Å². The molecule has 17 heavy (non-hydrogen) atoms. The monoisotopic (exact) mass is 228 g/mol. The van der Waals surface area contributed by atoms with Gasteiger partial charge < -0.3 is 0 Å². The lowest BCUT2D eigenvalue weighted by atomic mass is 10.0. The van der Waals surface area contributed by atoms with Gasteiger partial charge in [-0.15, -0.1) is 0 Å². The maximum atomic E-state index is 4.63. The van der Waals surface area contributed by atoms with Crippen LogP contribution in [0.3, 0.4) is 0 Å². The maximum Gasteiger partial charge on any atom is 0.0680 e. The van der Waals surface area contributed by atoms with E-state index in [2.05, 4.69) is 63.5 Å². The van der Waals surface area contributed by atoms with Gasteiger partial charge in [0.25, 0.3) is 0 Å². The normalized spacial score (nSPS) is 10.9. The van der Waals surface area contributed by atoms with Crippen LogP contribution in [0.15, 0.2) is 12.1 Å². The smallest absolute Gasteiger partial charge is 0.0680 e. The molecule has 0 amide bonds. The van der Waals surface area contributed by atoms with E-state index in [-0.39, 0.29) is 0 Å². The van der Waals surface area contributed by atoms with E-state index in [0.717, 1.165) is 5.69 Å². The molecule has 0 fully saturated rings. The first kappa shape index (κ1) is 11.9. The van der Waals surface area contributed by atoms with Crippen molar-refractivity contribution >= 4 is 0 Å². The minimum Gasteiger partial charge on any atom is -0.237 e. The summed E-state index contributed by atoms with van der Waals surface area (Å²) in [6.07, 6.45) is 0. The van der Waals surface area contributed by atoms with Crippen molar-refractivity contribution < 1.29 is 0 Å². The fraction of sp³-hybridized carbons (Fsp3) is 0.400. The number of nitrogens with zero attached hydrogens (tertiary/aromatic N) is 2. The second kappa shape index (κ2) is 4.02. The Labute approximate surface area is 103 Å². The summed E-state index contributed by atoms with van der Waals surface area (Å²) in [6.45, 7) is 12.8. The highest BCUT2D eigenvalue weighted by atomic mass is 15.3. The molecule has 0 saturated carbocycles. The fourth-order valence-electron chi connectivity index (χ4n) is 2.13. The molecular weight excluding hydrogens is 208 g/mol. The third kappa shape index (κ3) is 1.88. The maximum absolute atomic E-state index is 4.63. The van der Waals surface area contributed by atoms with Crippen molar-refractivity contribution in [2.45, 2.75) is 41.5 Å². The standard InChI is InChI=1S/C15H20N2/c1-9-7-11(3)15(8-10(9)2)17-14(6)12(4)13(5)16-17/h7-8H,1-6H3. The highest BCUT2D eigenvalue weighted by Gasteiger charge is 2.11.